The molecule has 2 radical (unpaired) electrons. The molecular weight excluding hydrogens is 82.0 g/mol. The largest absolute Gasteiger partial charge is 0.329 e. The molecule has 0 aromatic carbocycles. The molecule has 3 heteroatoms. The van der Waals surface area contributed by atoms with Gasteiger partial charge in [-0.3, -0.25) is 4.79 Å². The molecule has 0 unspecified atom stereocenters. The summed E-state index contributed by atoms with van der Waals surface area (Å²) in [5, 5.41) is 0. The van der Waals surface area contributed by atoms with Gasteiger partial charge in [0, 0.05) is 6.42 Å². The first-order chi connectivity index (χ1) is 2.81. The van der Waals surface area contributed by atoms with E-state index < -0.39 is 5.97 Å². The van der Waals surface area contributed by atoms with E-state index in [0.29, 0.717) is 0 Å². The molecule has 0 bridgehead atoms. The third-order valence-electron chi connectivity index (χ3n) is 0.390. The highest BCUT2D eigenvalue weighted by atomic mass is 16.7. The second-order valence-corrected chi connectivity index (χ2v) is 0.817. The standard InChI is InChI=1S/C3H5NO2/c1-2-3(5)6-4/h2H2,1H3. The first-order valence-electron chi connectivity index (χ1n) is 1.65. The number of hydrogen-bond donors (Lipinski definition) is 0. The first-order valence-corrected chi connectivity index (χ1v) is 1.65. The summed E-state index contributed by atoms with van der Waals surface area (Å²) in [4.78, 5) is 13.0. The summed E-state index contributed by atoms with van der Waals surface area (Å²) in [5.74, 6) is 6.88. The molecule has 0 amide bonds. The molecule has 0 atom stereocenters. The van der Waals surface area contributed by atoms with Gasteiger partial charge < -0.3 is 4.84 Å². The van der Waals surface area contributed by atoms with Gasteiger partial charge in [-0.15, -0.1) is 0 Å². The zero-order chi connectivity index (χ0) is 4.99. The molecule has 0 spiro atoms. The molecule has 3 nitrogen and oxygen atoms in total. The lowest BCUT2D eigenvalue weighted by Gasteiger charge is -1.81. The average Bonchev–Trinajstić information content (AvgIpc) is 1.65. The summed E-state index contributed by atoms with van der Waals surface area (Å²) in [6.45, 7) is 1.60. The van der Waals surface area contributed by atoms with Crippen LogP contribution in [0.3, 0.4) is 0 Å². The zero-order valence-electron chi connectivity index (χ0n) is 3.47. The van der Waals surface area contributed by atoms with Crippen LogP contribution in [0.25, 0.3) is 0 Å². The van der Waals surface area contributed by atoms with Crippen molar-refractivity contribution in [2.75, 3.05) is 0 Å². The molecule has 34 valence electrons. The van der Waals surface area contributed by atoms with Crippen molar-refractivity contribution in [2.24, 2.45) is 0 Å². The van der Waals surface area contributed by atoms with E-state index in [1.165, 1.54) is 0 Å². The Labute approximate surface area is 36.0 Å². The van der Waals surface area contributed by atoms with Gasteiger partial charge in [-0.1, -0.05) is 6.92 Å². The molecule has 0 aromatic rings. The van der Waals surface area contributed by atoms with Gasteiger partial charge >= 0.3 is 5.97 Å². The summed E-state index contributed by atoms with van der Waals surface area (Å²) < 4.78 is 0. The molecule has 0 saturated heterocycles. The number of nitrogens with zero attached hydrogens (tertiary/aromatic N) is 1. The van der Waals surface area contributed by atoms with Crippen molar-refractivity contribution in [1.82, 2.24) is 5.90 Å². The van der Waals surface area contributed by atoms with Gasteiger partial charge in [-0.05, 0) is 0 Å². The smallest absolute Gasteiger partial charge is 0.328 e. The third-order valence-corrected chi connectivity index (χ3v) is 0.390. The molecule has 0 aliphatic heterocycles. The maximum absolute atomic E-state index is 9.71. The maximum atomic E-state index is 9.71. The Morgan fingerprint density at radius 3 is 2.50 bits per heavy atom. The number of carbonyl (C=O) groups excluding carboxylic acids is 1. The minimum atomic E-state index is -0.602. The maximum Gasteiger partial charge on any atom is 0.328 e. The predicted octanol–water partition coefficient (Wildman–Crippen LogP) is -0.0767. The van der Waals surface area contributed by atoms with Crippen LogP contribution in [-0.2, 0) is 9.63 Å². The van der Waals surface area contributed by atoms with Gasteiger partial charge in [0.25, 0.3) is 0 Å². The monoisotopic (exact) mass is 87.0 g/mol. The van der Waals surface area contributed by atoms with Gasteiger partial charge in [0.2, 0.25) is 0 Å². The van der Waals surface area contributed by atoms with Crippen LogP contribution in [0.5, 0.6) is 0 Å². The van der Waals surface area contributed by atoms with Crippen LogP contribution in [0, 0.1) is 0 Å². The van der Waals surface area contributed by atoms with Crippen molar-refractivity contribution in [3.63, 3.8) is 0 Å². The Hall–Kier alpha value is -0.570. The van der Waals surface area contributed by atoms with Crippen molar-refractivity contribution < 1.29 is 9.63 Å². The molecule has 0 heterocycles. The van der Waals surface area contributed by atoms with E-state index in [1.54, 1.807) is 6.92 Å². The predicted molar refractivity (Wildman–Crippen MR) is 18.5 cm³/mol. The van der Waals surface area contributed by atoms with Crippen LogP contribution >= 0.6 is 0 Å². The summed E-state index contributed by atoms with van der Waals surface area (Å²) in [6, 6.07) is 0. The van der Waals surface area contributed by atoms with E-state index in [4.69, 9.17) is 5.90 Å². The first kappa shape index (κ1) is 5.43. The molecule has 0 aliphatic carbocycles. The molecule has 0 rings (SSSR count). The highest BCUT2D eigenvalue weighted by molar-refractivity contribution is 5.68. The summed E-state index contributed by atoms with van der Waals surface area (Å²) in [6.07, 6.45) is 0.219. The van der Waals surface area contributed by atoms with Crippen LogP contribution in [0.15, 0.2) is 0 Å². The van der Waals surface area contributed by atoms with Gasteiger partial charge in [0.15, 0.2) is 0 Å². The van der Waals surface area contributed by atoms with Crippen LogP contribution < -0.4 is 5.90 Å². The molecule has 0 N–H and O–H groups in total. The normalized spacial score (nSPS) is 7.67. The molecule has 0 saturated carbocycles. The van der Waals surface area contributed by atoms with Gasteiger partial charge in [0.05, 0.1) is 0 Å². The summed E-state index contributed by atoms with van der Waals surface area (Å²) >= 11 is 0. The Morgan fingerprint density at radius 1 is 2.00 bits per heavy atom. The van der Waals surface area contributed by atoms with Crippen molar-refractivity contribution in [3.8, 4) is 0 Å². The van der Waals surface area contributed by atoms with Crippen LogP contribution in [-0.4, -0.2) is 5.97 Å². The van der Waals surface area contributed by atoms with Crippen LogP contribution in [0.1, 0.15) is 13.3 Å². The third kappa shape index (κ3) is 1.72. The highest BCUT2D eigenvalue weighted by Crippen LogP contribution is 1.75. The SMILES string of the molecule is CCC(=O)O[N]. The van der Waals surface area contributed by atoms with Crippen molar-refractivity contribution in [2.45, 2.75) is 13.3 Å². The fraction of sp³-hybridized carbons (Fsp3) is 0.667. The van der Waals surface area contributed by atoms with Crippen LogP contribution in [0.4, 0.5) is 0 Å². The topological polar surface area (TPSA) is 48.6 Å². The summed E-state index contributed by atoms with van der Waals surface area (Å²) in [5.41, 5.74) is 0. The Balaban J connectivity index is 2.99. The van der Waals surface area contributed by atoms with Crippen molar-refractivity contribution in [1.29, 1.82) is 0 Å². The second-order valence-electron chi connectivity index (χ2n) is 0.817. The molecule has 0 aromatic heterocycles. The molecule has 6 heavy (non-hydrogen) atoms. The van der Waals surface area contributed by atoms with E-state index >= 15 is 0 Å². The van der Waals surface area contributed by atoms with E-state index in [2.05, 4.69) is 4.84 Å². The minimum Gasteiger partial charge on any atom is -0.329 e. The Bertz CT molecular complexity index is 46.8. The van der Waals surface area contributed by atoms with Gasteiger partial charge in [0.1, 0.15) is 5.90 Å². The fourth-order valence-electron chi connectivity index (χ4n) is 0.0645. The van der Waals surface area contributed by atoms with Gasteiger partial charge in [-0.25, -0.2) is 0 Å². The molecular formula is C3H5NO2. The van der Waals surface area contributed by atoms with Gasteiger partial charge in [-0.2, -0.15) is 0 Å². The van der Waals surface area contributed by atoms with E-state index in [-0.39, 0.29) is 6.42 Å². The number of hydrogen-bond acceptors (Lipinski definition) is 2. The van der Waals surface area contributed by atoms with E-state index in [0.717, 1.165) is 0 Å². The van der Waals surface area contributed by atoms with Crippen molar-refractivity contribution >= 4 is 5.97 Å². The van der Waals surface area contributed by atoms with Crippen molar-refractivity contribution in [3.05, 3.63) is 0 Å². The quantitative estimate of drug-likeness (QED) is 0.420. The highest BCUT2D eigenvalue weighted by Gasteiger charge is 1.90. The van der Waals surface area contributed by atoms with E-state index in [9.17, 15) is 4.79 Å². The second kappa shape index (κ2) is 2.66. The lowest BCUT2D eigenvalue weighted by molar-refractivity contribution is -0.145. The zero-order valence-corrected chi connectivity index (χ0v) is 3.47. The number of carbonyl (C=O) groups is 1. The number of rotatable bonds is 1. The molecule has 0 aliphatic rings. The Kier molecular flexibility index (Phi) is 2.40. The lowest BCUT2D eigenvalue weighted by Crippen LogP contribution is -1.97. The summed E-state index contributed by atoms with van der Waals surface area (Å²) in [7, 11) is 0. The van der Waals surface area contributed by atoms with E-state index in [1.807, 2.05) is 0 Å². The average molecular weight is 87.1 g/mol. The Morgan fingerprint density at radius 2 is 2.50 bits per heavy atom. The fourth-order valence-corrected chi connectivity index (χ4v) is 0.0645. The minimum absolute atomic E-state index is 0.219. The molecule has 0 fully saturated rings. The van der Waals surface area contributed by atoms with Crippen LogP contribution in [0.2, 0.25) is 0 Å². The lowest BCUT2D eigenvalue weighted by atomic mass is 10.5.